The van der Waals surface area contributed by atoms with Crippen molar-refractivity contribution in [2.45, 2.75) is 16.7 Å². The maximum atomic E-state index is 11.0. The molecule has 0 saturated carbocycles. The Kier molecular flexibility index (Phi) is 3.97. The molecule has 96 valence electrons. The molecule has 2 aromatic carbocycles. The highest BCUT2D eigenvalue weighted by molar-refractivity contribution is 7.99. The van der Waals surface area contributed by atoms with Crippen molar-refractivity contribution in [1.82, 2.24) is 0 Å². The van der Waals surface area contributed by atoms with Crippen molar-refractivity contribution in [3.05, 3.63) is 63.7 Å². The Balaban J connectivity index is 2.32. The third kappa shape index (κ3) is 3.20. The Morgan fingerprint density at radius 3 is 2.42 bits per heavy atom. The van der Waals surface area contributed by atoms with E-state index in [0.29, 0.717) is 16.7 Å². The molecule has 4 nitrogen and oxygen atoms in total. The minimum atomic E-state index is -0.507. The fourth-order valence-electron chi connectivity index (χ4n) is 1.57. The highest BCUT2D eigenvalue weighted by Crippen LogP contribution is 2.31. The van der Waals surface area contributed by atoms with Gasteiger partial charge in [-0.05, 0) is 25.1 Å². The van der Waals surface area contributed by atoms with Crippen LogP contribution < -0.4 is 0 Å². The molecule has 0 saturated heterocycles. The van der Waals surface area contributed by atoms with Crippen LogP contribution in [0.2, 0.25) is 0 Å². The molecular weight excluding hydrogens is 262 g/mol. The normalized spacial score (nSPS) is 10.2. The number of aryl methyl sites for hydroxylation is 1. The molecule has 0 aliphatic heterocycles. The van der Waals surface area contributed by atoms with E-state index in [-0.39, 0.29) is 5.69 Å². The number of hydrogen-bond acceptors (Lipinski definition) is 4. The predicted molar refractivity (Wildman–Crippen MR) is 73.8 cm³/mol. The van der Waals surface area contributed by atoms with E-state index in [0.717, 1.165) is 10.5 Å². The van der Waals surface area contributed by atoms with E-state index >= 15 is 0 Å². The third-order valence-corrected chi connectivity index (χ3v) is 3.68. The van der Waals surface area contributed by atoms with Gasteiger partial charge in [-0.1, -0.05) is 29.5 Å². The highest BCUT2D eigenvalue weighted by atomic mass is 32.2. The molecule has 0 atom stereocenters. The molecule has 0 aromatic heterocycles. The average Bonchev–Trinajstić information content (AvgIpc) is 2.41. The molecule has 0 amide bonds. The first-order chi connectivity index (χ1) is 9.10. The van der Waals surface area contributed by atoms with Crippen LogP contribution in [-0.4, -0.2) is 11.2 Å². The quantitative estimate of drug-likeness (QED) is 0.482. The molecule has 0 bridgehead atoms. The van der Waals surface area contributed by atoms with Gasteiger partial charge in [0.05, 0.1) is 4.92 Å². The monoisotopic (exact) mass is 273 g/mol. The molecule has 2 rings (SSSR count). The number of benzene rings is 2. The van der Waals surface area contributed by atoms with Crippen LogP contribution in [0.25, 0.3) is 0 Å². The van der Waals surface area contributed by atoms with Crippen molar-refractivity contribution in [2.75, 3.05) is 0 Å². The number of non-ortho nitro benzene ring substituents is 1. The first kappa shape index (κ1) is 13.3. The SMILES string of the molecule is Cc1ccc(Sc2ccc([N+](=O)[O-])cc2C=O)cc1. The molecule has 0 fully saturated rings. The Morgan fingerprint density at radius 1 is 1.16 bits per heavy atom. The smallest absolute Gasteiger partial charge is 0.270 e. The first-order valence-corrected chi connectivity index (χ1v) is 6.40. The summed E-state index contributed by atoms with van der Waals surface area (Å²) in [5.41, 5.74) is 1.42. The van der Waals surface area contributed by atoms with Crippen molar-refractivity contribution >= 4 is 23.7 Å². The van der Waals surface area contributed by atoms with Crippen LogP contribution >= 0.6 is 11.8 Å². The van der Waals surface area contributed by atoms with Crippen LogP contribution in [0.15, 0.2) is 52.3 Å². The summed E-state index contributed by atoms with van der Waals surface area (Å²) in [4.78, 5) is 22.9. The van der Waals surface area contributed by atoms with E-state index < -0.39 is 4.92 Å². The maximum absolute atomic E-state index is 11.0. The van der Waals surface area contributed by atoms with Crippen molar-refractivity contribution in [3.63, 3.8) is 0 Å². The minimum Gasteiger partial charge on any atom is -0.298 e. The van der Waals surface area contributed by atoms with Gasteiger partial charge in [-0.2, -0.15) is 0 Å². The van der Waals surface area contributed by atoms with Crippen LogP contribution in [0.4, 0.5) is 5.69 Å². The van der Waals surface area contributed by atoms with Gasteiger partial charge in [-0.15, -0.1) is 0 Å². The number of nitro groups is 1. The Labute approximate surface area is 114 Å². The molecule has 0 N–H and O–H groups in total. The molecule has 0 heterocycles. The number of rotatable bonds is 4. The molecule has 19 heavy (non-hydrogen) atoms. The zero-order valence-electron chi connectivity index (χ0n) is 10.2. The summed E-state index contributed by atoms with van der Waals surface area (Å²) in [6.45, 7) is 2.00. The molecule has 0 radical (unpaired) electrons. The van der Waals surface area contributed by atoms with E-state index in [1.165, 1.54) is 23.9 Å². The third-order valence-electron chi connectivity index (χ3n) is 2.58. The second kappa shape index (κ2) is 5.67. The van der Waals surface area contributed by atoms with Gasteiger partial charge in [0, 0.05) is 27.5 Å². The number of hydrogen-bond donors (Lipinski definition) is 0. The predicted octanol–water partition coefficient (Wildman–Crippen LogP) is 3.87. The molecule has 0 aliphatic carbocycles. The van der Waals surface area contributed by atoms with Crippen molar-refractivity contribution < 1.29 is 9.72 Å². The fraction of sp³-hybridized carbons (Fsp3) is 0.0714. The standard InChI is InChI=1S/C14H11NO3S/c1-10-2-5-13(6-3-10)19-14-7-4-12(15(17)18)8-11(14)9-16/h2-9H,1H3. The molecule has 2 aromatic rings. The number of nitro benzene ring substituents is 1. The summed E-state index contributed by atoms with van der Waals surface area (Å²) in [7, 11) is 0. The van der Waals surface area contributed by atoms with Crippen LogP contribution in [0.3, 0.4) is 0 Å². The summed E-state index contributed by atoms with van der Waals surface area (Å²) >= 11 is 1.41. The van der Waals surface area contributed by atoms with E-state index in [1.54, 1.807) is 6.07 Å². The Bertz CT molecular complexity index is 623. The lowest BCUT2D eigenvalue weighted by molar-refractivity contribution is -0.384. The van der Waals surface area contributed by atoms with Crippen LogP contribution in [-0.2, 0) is 0 Å². The zero-order chi connectivity index (χ0) is 13.8. The summed E-state index contributed by atoms with van der Waals surface area (Å²) in [6, 6.07) is 12.2. The lowest BCUT2D eigenvalue weighted by Gasteiger charge is -2.05. The molecule has 0 spiro atoms. The van der Waals surface area contributed by atoms with E-state index in [4.69, 9.17) is 0 Å². The van der Waals surface area contributed by atoms with Gasteiger partial charge in [-0.25, -0.2) is 0 Å². The average molecular weight is 273 g/mol. The summed E-state index contributed by atoms with van der Waals surface area (Å²) in [6.07, 6.45) is 0.642. The molecule has 0 aliphatic rings. The minimum absolute atomic E-state index is 0.0737. The van der Waals surface area contributed by atoms with Crippen LogP contribution in [0, 0.1) is 17.0 Å². The second-order valence-corrected chi connectivity index (χ2v) is 5.13. The Hall–Kier alpha value is -2.14. The number of carbonyl (C=O) groups excluding carboxylic acids is 1. The molecular formula is C14H11NO3S. The van der Waals surface area contributed by atoms with Crippen molar-refractivity contribution in [1.29, 1.82) is 0 Å². The van der Waals surface area contributed by atoms with Gasteiger partial charge in [0.15, 0.2) is 6.29 Å². The van der Waals surface area contributed by atoms with E-state index in [1.807, 2.05) is 31.2 Å². The van der Waals surface area contributed by atoms with E-state index in [2.05, 4.69) is 0 Å². The van der Waals surface area contributed by atoms with Crippen molar-refractivity contribution in [3.8, 4) is 0 Å². The number of carbonyl (C=O) groups is 1. The van der Waals surface area contributed by atoms with Gasteiger partial charge in [0.25, 0.3) is 5.69 Å². The van der Waals surface area contributed by atoms with Gasteiger partial charge in [-0.3, -0.25) is 14.9 Å². The molecule has 0 unspecified atom stereocenters. The van der Waals surface area contributed by atoms with Gasteiger partial charge < -0.3 is 0 Å². The lowest BCUT2D eigenvalue weighted by atomic mass is 10.2. The van der Waals surface area contributed by atoms with Gasteiger partial charge in [0.1, 0.15) is 0 Å². The van der Waals surface area contributed by atoms with Gasteiger partial charge >= 0.3 is 0 Å². The van der Waals surface area contributed by atoms with Gasteiger partial charge in [0.2, 0.25) is 0 Å². The summed E-state index contributed by atoms with van der Waals surface area (Å²) in [5, 5.41) is 10.7. The Morgan fingerprint density at radius 2 is 1.84 bits per heavy atom. The number of nitrogens with zero attached hydrogens (tertiary/aromatic N) is 1. The summed E-state index contributed by atoms with van der Waals surface area (Å²) in [5.74, 6) is 0. The first-order valence-electron chi connectivity index (χ1n) is 5.58. The van der Waals surface area contributed by atoms with Crippen LogP contribution in [0.1, 0.15) is 15.9 Å². The molecule has 5 heteroatoms. The topological polar surface area (TPSA) is 60.2 Å². The van der Waals surface area contributed by atoms with Crippen molar-refractivity contribution in [2.24, 2.45) is 0 Å². The highest BCUT2D eigenvalue weighted by Gasteiger charge is 2.11. The second-order valence-electron chi connectivity index (χ2n) is 4.01. The maximum Gasteiger partial charge on any atom is 0.270 e. The van der Waals surface area contributed by atoms with Crippen LogP contribution in [0.5, 0.6) is 0 Å². The zero-order valence-corrected chi connectivity index (χ0v) is 11.0. The van der Waals surface area contributed by atoms with E-state index in [9.17, 15) is 14.9 Å². The largest absolute Gasteiger partial charge is 0.298 e. The lowest BCUT2D eigenvalue weighted by Crippen LogP contribution is -1.92. The fourth-order valence-corrected chi connectivity index (χ4v) is 2.45. The number of aldehydes is 1. The summed E-state index contributed by atoms with van der Waals surface area (Å²) < 4.78 is 0.